The van der Waals surface area contributed by atoms with Crippen LogP contribution in [0.25, 0.3) is 0 Å². The van der Waals surface area contributed by atoms with E-state index in [1.165, 1.54) is 21.2 Å². The van der Waals surface area contributed by atoms with Gasteiger partial charge in [0.15, 0.2) is 0 Å². The van der Waals surface area contributed by atoms with E-state index in [-0.39, 0.29) is 30.2 Å². The predicted molar refractivity (Wildman–Crippen MR) is 66.8 cm³/mol. The van der Waals surface area contributed by atoms with Crippen LogP contribution < -0.4 is 15.8 Å². The number of sulfonamides is 1. The lowest BCUT2D eigenvalue weighted by Gasteiger charge is -2.11. The van der Waals surface area contributed by atoms with Crippen LogP contribution in [0.15, 0.2) is 0 Å². The maximum Gasteiger partial charge on any atom is 0.322 e. The van der Waals surface area contributed by atoms with Crippen molar-refractivity contribution < 1.29 is 13.2 Å². The van der Waals surface area contributed by atoms with Gasteiger partial charge in [-0.25, -0.2) is 12.7 Å². The van der Waals surface area contributed by atoms with Crippen LogP contribution >= 0.6 is 0 Å². The molecule has 0 saturated carbocycles. The van der Waals surface area contributed by atoms with Crippen molar-refractivity contribution in [1.82, 2.24) is 19.3 Å². The molecule has 0 unspecified atom stereocenters. The molecule has 3 N–H and O–H groups in total. The van der Waals surface area contributed by atoms with Gasteiger partial charge in [-0.3, -0.25) is 0 Å². The number of hydrogen-bond acceptors (Lipinski definition) is 8. The fraction of sp³-hybridized carbons (Fsp3) is 0.625. The van der Waals surface area contributed by atoms with Gasteiger partial charge >= 0.3 is 6.01 Å². The molecule has 0 aliphatic heterocycles. The lowest BCUT2D eigenvalue weighted by atomic mass is 10.7. The van der Waals surface area contributed by atoms with E-state index in [4.69, 9.17) is 10.5 Å². The number of nitrogen functional groups attached to an aromatic ring is 1. The zero-order valence-electron chi connectivity index (χ0n) is 10.4. The first-order chi connectivity index (χ1) is 8.35. The Morgan fingerprint density at radius 1 is 1.33 bits per heavy atom. The quantitative estimate of drug-likeness (QED) is 0.661. The Hall–Kier alpha value is -1.68. The van der Waals surface area contributed by atoms with Gasteiger partial charge in [0.25, 0.3) is 0 Å². The van der Waals surface area contributed by atoms with Gasteiger partial charge in [0.1, 0.15) is 0 Å². The van der Waals surface area contributed by atoms with Gasteiger partial charge in [-0.1, -0.05) is 0 Å². The summed E-state index contributed by atoms with van der Waals surface area (Å²) in [7, 11) is 1.08. The number of aromatic nitrogens is 3. The van der Waals surface area contributed by atoms with Crippen LogP contribution in [0.4, 0.5) is 11.9 Å². The Bertz CT molecular complexity index is 504. The highest BCUT2D eigenvalue weighted by molar-refractivity contribution is 7.89. The second kappa shape index (κ2) is 5.78. The van der Waals surface area contributed by atoms with Crippen LogP contribution in [-0.4, -0.2) is 61.2 Å². The molecule has 1 heterocycles. The molecule has 102 valence electrons. The molecule has 0 amide bonds. The Morgan fingerprint density at radius 2 is 2.00 bits per heavy atom. The number of ether oxygens (including phenoxy) is 1. The Balaban J connectivity index is 2.62. The van der Waals surface area contributed by atoms with Crippen LogP contribution in [0.2, 0.25) is 0 Å². The van der Waals surface area contributed by atoms with Gasteiger partial charge in [-0.15, -0.1) is 0 Å². The SMILES string of the molecule is COc1nc(N)nc(NCCS(=O)(=O)N(C)C)n1. The largest absolute Gasteiger partial charge is 0.467 e. The molecule has 1 rings (SSSR count). The Morgan fingerprint density at radius 3 is 2.56 bits per heavy atom. The van der Waals surface area contributed by atoms with Crippen LogP contribution in [-0.2, 0) is 10.0 Å². The van der Waals surface area contributed by atoms with Crippen LogP contribution in [0.3, 0.4) is 0 Å². The van der Waals surface area contributed by atoms with Crippen LogP contribution in [0.1, 0.15) is 0 Å². The van der Waals surface area contributed by atoms with Crippen molar-refractivity contribution in [2.45, 2.75) is 0 Å². The number of hydrogen-bond donors (Lipinski definition) is 2. The molecule has 0 spiro atoms. The minimum Gasteiger partial charge on any atom is -0.467 e. The Kier molecular flexibility index (Phi) is 4.62. The van der Waals surface area contributed by atoms with Crippen molar-refractivity contribution in [1.29, 1.82) is 0 Å². The third kappa shape index (κ3) is 3.96. The van der Waals surface area contributed by atoms with Gasteiger partial charge in [0.05, 0.1) is 12.9 Å². The minimum atomic E-state index is -3.26. The summed E-state index contributed by atoms with van der Waals surface area (Å²) in [6.07, 6.45) is 0. The maximum absolute atomic E-state index is 11.5. The highest BCUT2D eigenvalue weighted by Gasteiger charge is 2.13. The summed E-state index contributed by atoms with van der Waals surface area (Å²) in [5.41, 5.74) is 5.43. The zero-order chi connectivity index (χ0) is 13.8. The number of nitrogens with one attached hydrogen (secondary N) is 1. The number of methoxy groups -OCH3 is 1. The highest BCUT2D eigenvalue weighted by Crippen LogP contribution is 2.07. The topological polar surface area (TPSA) is 123 Å². The molecular weight excluding hydrogens is 260 g/mol. The first kappa shape index (κ1) is 14.4. The summed E-state index contributed by atoms with van der Waals surface area (Å²) >= 11 is 0. The lowest BCUT2D eigenvalue weighted by Crippen LogP contribution is -2.28. The van der Waals surface area contributed by atoms with Crippen molar-refractivity contribution in [3.8, 4) is 6.01 Å². The number of nitrogens with zero attached hydrogens (tertiary/aromatic N) is 4. The fourth-order valence-electron chi connectivity index (χ4n) is 1.02. The van der Waals surface area contributed by atoms with Crippen molar-refractivity contribution in [2.24, 2.45) is 0 Å². The van der Waals surface area contributed by atoms with E-state index in [1.807, 2.05) is 0 Å². The summed E-state index contributed by atoms with van der Waals surface area (Å²) in [6, 6.07) is 0.0699. The number of nitrogens with two attached hydrogens (primary N) is 1. The summed E-state index contributed by atoms with van der Waals surface area (Å²) in [6.45, 7) is 0.160. The van der Waals surface area contributed by atoms with Gasteiger partial charge in [0.2, 0.25) is 21.9 Å². The van der Waals surface area contributed by atoms with Crippen LogP contribution in [0.5, 0.6) is 6.01 Å². The predicted octanol–water partition coefficient (Wildman–Crippen LogP) is -1.23. The molecule has 0 aliphatic carbocycles. The van der Waals surface area contributed by atoms with E-state index in [0.29, 0.717) is 0 Å². The third-order valence-electron chi connectivity index (χ3n) is 2.01. The van der Waals surface area contributed by atoms with E-state index in [2.05, 4.69) is 20.3 Å². The molecule has 0 bridgehead atoms. The third-order valence-corrected chi connectivity index (χ3v) is 3.85. The van der Waals surface area contributed by atoms with Gasteiger partial charge in [-0.05, 0) is 0 Å². The molecule has 0 aromatic carbocycles. The zero-order valence-corrected chi connectivity index (χ0v) is 11.2. The molecule has 0 saturated heterocycles. The van der Waals surface area contributed by atoms with Crippen molar-refractivity contribution in [2.75, 3.05) is 44.6 Å². The molecule has 1 aromatic rings. The van der Waals surface area contributed by atoms with E-state index in [1.54, 1.807) is 0 Å². The van der Waals surface area contributed by atoms with Gasteiger partial charge in [-0.2, -0.15) is 15.0 Å². The fourth-order valence-corrected chi connectivity index (χ4v) is 1.74. The molecule has 0 fully saturated rings. The lowest BCUT2D eigenvalue weighted by molar-refractivity contribution is 0.379. The van der Waals surface area contributed by atoms with Gasteiger partial charge < -0.3 is 15.8 Å². The molecule has 0 atom stereocenters. The molecule has 0 radical (unpaired) electrons. The normalized spacial score (nSPS) is 11.6. The van der Waals surface area contributed by atoms with E-state index < -0.39 is 10.0 Å². The van der Waals surface area contributed by atoms with Crippen LogP contribution in [0, 0.1) is 0 Å². The molecule has 18 heavy (non-hydrogen) atoms. The number of rotatable bonds is 6. The summed E-state index contributed by atoms with van der Waals surface area (Å²) in [5.74, 6) is 0.0987. The first-order valence-electron chi connectivity index (χ1n) is 5.05. The monoisotopic (exact) mass is 276 g/mol. The first-order valence-corrected chi connectivity index (χ1v) is 6.65. The van der Waals surface area contributed by atoms with E-state index in [0.717, 1.165) is 4.31 Å². The molecule has 1 aromatic heterocycles. The molecule has 0 aliphatic rings. The summed E-state index contributed by atoms with van der Waals surface area (Å²) in [5, 5.41) is 2.74. The van der Waals surface area contributed by atoms with Crippen molar-refractivity contribution in [3.05, 3.63) is 0 Å². The molecular formula is C8H16N6O3S. The average Bonchev–Trinajstić information content (AvgIpc) is 2.27. The Labute approximate surface area is 105 Å². The standard InChI is InChI=1S/C8H16N6O3S/c1-14(2)18(15,16)5-4-10-7-11-6(9)12-8(13-7)17-3/h4-5H2,1-3H3,(H3,9,10,11,12,13). The highest BCUT2D eigenvalue weighted by atomic mass is 32.2. The minimum absolute atomic E-state index is 0.000170. The summed E-state index contributed by atoms with van der Waals surface area (Å²) < 4.78 is 29.0. The van der Waals surface area contributed by atoms with Crippen molar-refractivity contribution >= 4 is 21.9 Å². The average molecular weight is 276 g/mol. The smallest absolute Gasteiger partial charge is 0.322 e. The number of anilines is 2. The molecule has 9 nitrogen and oxygen atoms in total. The maximum atomic E-state index is 11.5. The van der Waals surface area contributed by atoms with Crippen molar-refractivity contribution in [3.63, 3.8) is 0 Å². The second-order valence-electron chi connectivity index (χ2n) is 3.53. The van der Waals surface area contributed by atoms with Gasteiger partial charge in [0, 0.05) is 20.6 Å². The molecule has 10 heteroatoms. The summed E-state index contributed by atoms with van der Waals surface area (Å²) in [4.78, 5) is 11.4. The van der Waals surface area contributed by atoms with E-state index in [9.17, 15) is 8.42 Å². The van der Waals surface area contributed by atoms with E-state index >= 15 is 0 Å². The second-order valence-corrected chi connectivity index (χ2v) is 5.83.